The van der Waals surface area contributed by atoms with Crippen molar-refractivity contribution in [2.75, 3.05) is 0 Å². The van der Waals surface area contributed by atoms with Crippen molar-refractivity contribution in [2.45, 2.75) is 62.3 Å². The molecule has 0 aromatic carbocycles. The molecule has 110 valence electrons. The molecule has 0 aliphatic heterocycles. The van der Waals surface area contributed by atoms with Crippen LogP contribution in [0, 0.1) is 5.92 Å². The summed E-state index contributed by atoms with van der Waals surface area (Å²) in [5.74, 6) is -1.87. The molecule has 2 rings (SSSR count). The summed E-state index contributed by atoms with van der Waals surface area (Å²) in [4.78, 5) is 11.1. The maximum absolute atomic E-state index is 12.3. The number of carboxylic acid groups (broad SMARTS) is 1. The Morgan fingerprint density at radius 2 is 1.74 bits per heavy atom. The Morgan fingerprint density at radius 1 is 1.05 bits per heavy atom. The Bertz CT molecular complexity index is 435. The quantitative estimate of drug-likeness (QED) is 0.698. The third-order valence-corrected chi connectivity index (χ3v) is 6.21. The van der Waals surface area contributed by atoms with E-state index >= 15 is 0 Å². The molecule has 0 bridgehead atoms. The van der Waals surface area contributed by atoms with Crippen LogP contribution in [0.2, 0.25) is 0 Å². The summed E-state index contributed by atoms with van der Waals surface area (Å²) < 4.78 is 27.1. The van der Waals surface area contributed by atoms with Crippen LogP contribution in [0.1, 0.15) is 44.9 Å². The lowest BCUT2D eigenvalue weighted by Crippen LogP contribution is -2.49. The number of nitrogens with one attached hydrogen (secondary N) is 1. The number of hydrogen-bond acceptors (Lipinski definition) is 4. The van der Waals surface area contributed by atoms with Gasteiger partial charge >= 0.3 is 5.97 Å². The zero-order valence-corrected chi connectivity index (χ0v) is 11.6. The maximum Gasteiger partial charge on any atom is 0.307 e. The van der Waals surface area contributed by atoms with Gasteiger partial charge in [-0.3, -0.25) is 4.79 Å². The van der Waals surface area contributed by atoms with Crippen molar-refractivity contribution in [3.05, 3.63) is 0 Å². The molecule has 0 radical (unpaired) electrons. The number of hydrogen-bond donors (Lipinski definition) is 3. The van der Waals surface area contributed by atoms with Crippen molar-refractivity contribution in [2.24, 2.45) is 5.92 Å². The molecule has 0 aromatic heterocycles. The number of carbonyl (C=O) groups is 1. The fraction of sp³-hybridized carbons (Fsp3) is 0.917. The molecule has 4 atom stereocenters. The highest BCUT2D eigenvalue weighted by Gasteiger charge is 2.43. The first-order valence-electron chi connectivity index (χ1n) is 6.84. The third-order valence-electron chi connectivity index (χ3n) is 4.21. The number of carboxylic acids is 1. The van der Waals surface area contributed by atoms with Gasteiger partial charge < -0.3 is 10.2 Å². The maximum atomic E-state index is 12.3. The second kappa shape index (κ2) is 5.76. The van der Waals surface area contributed by atoms with Crippen molar-refractivity contribution >= 4 is 16.0 Å². The molecular formula is C12H21NO5S. The van der Waals surface area contributed by atoms with Gasteiger partial charge in [-0.25, -0.2) is 13.1 Å². The second-order valence-electron chi connectivity index (χ2n) is 5.54. The van der Waals surface area contributed by atoms with Crippen LogP contribution in [0.5, 0.6) is 0 Å². The van der Waals surface area contributed by atoms with Gasteiger partial charge in [0.25, 0.3) is 0 Å². The van der Waals surface area contributed by atoms with Gasteiger partial charge in [-0.1, -0.05) is 19.3 Å². The summed E-state index contributed by atoms with van der Waals surface area (Å²) in [7, 11) is -3.68. The van der Waals surface area contributed by atoms with Crippen molar-refractivity contribution in [3.63, 3.8) is 0 Å². The first-order chi connectivity index (χ1) is 8.92. The van der Waals surface area contributed by atoms with Crippen LogP contribution in [-0.2, 0) is 14.8 Å². The lowest BCUT2D eigenvalue weighted by atomic mass is 9.93. The van der Waals surface area contributed by atoms with Gasteiger partial charge in [-0.15, -0.1) is 0 Å². The Hall–Kier alpha value is -0.660. The van der Waals surface area contributed by atoms with E-state index in [1.54, 1.807) is 0 Å². The van der Waals surface area contributed by atoms with Gasteiger partial charge in [0, 0.05) is 6.04 Å². The summed E-state index contributed by atoms with van der Waals surface area (Å²) in [5.41, 5.74) is 0. The molecule has 2 fully saturated rings. The topological polar surface area (TPSA) is 104 Å². The molecule has 7 heteroatoms. The standard InChI is InChI=1S/C12H21NO5S/c14-10-6-2-1-5-9(10)13-19(17,18)11-7-3-4-8(11)12(15)16/h8-11,13-14H,1-7H2,(H,15,16)/t8?,9-,10-,11?/m0/s1. The summed E-state index contributed by atoms with van der Waals surface area (Å²) in [6.45, 7) is 0. The van der Waals surface area contributed by atoms with E-state index in [1.807, 2.05) is 0 Å². The predicted molar refractivity (Wildman–Crippen MR) is 69.1 cm³/mol. The third kappa shape index (κ3) is 3.27. The molecular weight excluding hydrogens is 270 g/mol. The van der Waals surface area contributed by atoms with Gasteiger partial charge in [0.15, 0.2) is 0 Å². The first-order valence-corrected chi connectivity index (χ1v) is 8.38. The second-order valence-corrected chi connectivity index (χ2v) is 7.47. The van der Waals surface area contributed by atoms with Crippen LogP contribution in [-0.4, -0.2) is 42.0 Å². The summed E-state index contributed by atoms with van der Waals surface area (Å²) >= 11 is 0. The number of aliphatic carboxylic acids is 1. The Labute approximate surface area is 113 Å². The van der Waals surface area contributed by atoms with Crippen LogP contribution < -0.4 is 4.72 Å². The molecule has 2 saturated carbocycles. The van der Waals surface area contributed by atoms with Crippen molar-refractivity contribution in [1.82, 2.24) is 4.72 Å². The van der Waals surface area contributed by atoms with E-state index < -0.39 is 39.3 Å². The van der Waals surface area contributed by atoms with Gasteiger partial charge in [0.05, 0.1) is 17.3 Å². The van der Waals surface area contributed by atoms with E-state index in [4.69, 9.17) is 5.11 Å². The smallest absolute Gasteiger partial charge is 0.307 e. The highest BCUT2D eigenvalue weighted by molar-refractivity contribution is 7.90. The molecule has 2 aliphatic rings. The fourth-order valence-electron chi connectivity index (χ4n) is 3.13. The zero-order valence-electron chi connectivity index (χ0n) is 10.8. The van der Waals surface area contributed by atoms with Crippen LogP contribution >= 0.6 is 0 Å². The van der Waals surface area contributed by atoms with Gasteiger partial charge in [-0.2, -0.15) is 0 Å². The molecule has 0 heterocycles. The molecule has 0 aromatic rings. The SMILES string of the molecule is O=C(O)C1CCCC1S(=O)(=O)N[C@H]1CCCC[C@@H]1O. The van der Waals surface area contributed by atoms with Crippen molar-refractivity contribution < 1.29 is 23.4 Å². The average molecular weight is 291 g/mol. The molecule has 0 amide bonds. The van der Waals surface area contributed by atoms with E-state index in [0.29, 0.717) is 32.1 Å². The molecule has 2 unspecified atom stereocenters. The van der Waals surface area contributed by atoms with Gasteiger partial charge in [0.2, 0.25) is 10.0 Å². The minimum Gasteiger partial charge on any atom is -0.481 e. The van der Waals surface area contributed by atoms with E-state index in [2.05, 4.69) is 4.72 Å². The molecule has 6 nitrogen and oxygen atoms in total. The van der Waals surface area contributed by atoms with E-state index in [0.717, 1.165) is 12.8 Å². The Kier molecular flexibility index (Phi) is 4.47. The fourth-order valence-corrected chi connectivity index (χ4v) is 5.16. The Balaban J connectivity index is 2.07. The van der Waals surface area contributed by atoms with Crippen molar-refractivity contribution in [3.8, 4) is 0 Å². The van der Waals surface area contributed by atoms with Gasteiger partial charge in [-0.05, 0) is 25.7 Å². The van der Waals surface area contributed by atoms with Crippen LogP contribution in [0.25, 0.3) is 0 Å². The highest BCUT2D eigenvalue weighted by Crippen LogP contribution is 2.32. The lowest BCUT2D eigenvalue weighted by Gasteiger charge is -2.29. The largest absolute Gasteiger partial charge is 0.481 e. The normalized spacial score (nSPS) is 36.3. The van der Waals surface area contributed by atoms with E-state index in [1.165, 1.54) is 0 Å². The average Bonchev–Trinajstić information content (AvgIpc) is 2.82. The van der Waals surface area contributed by atoms with Gasteiger partial charge in [0.1, 0.15) is 0 Å². The molecule has 0 spiro atoms. The van der Waals surface area contributed by atoms with Crippen LogP contribution in [0.15, 0.2) is 0 Å². The predicted octanol–water partition coefficient (Wildman–Crippen LogP) is 0.463. The number of aliphatic hydroxyl groups excluding tert-OH is 1. The summed E-state index contributed by atoms with van der Waals surface area (Å²) in [6, 6.07) is -0.464. The minimum atomic E-state index is -3.68. The lowest BCUT2D eigenvalue weighted by molar-refractivity contribution is -0.141. The Morgan fingerprint density at radius 3 is 2.37 bits per heavy atom. The van der Waals surface area contributed by atoms with E-state index in [-0.39, 0.29) is 0 Å². The van der Waals surface area contributed by atoms with Crippen LogP contribution in [0.4, 0.5) is 0 Å². The molecule has 0 saturated heterocycles. The number of rotatable bonds is 4. The summed E-state index contributed by atoms with van der Waals surface area (Å²) in [5, 5.41) is 18.0. The minimum absolute atomic E-state index is 0.384. The summed E-state index contributed by atoms with van der Waals surface area (Å²) in [6.07, 6.45) is 3.76. The molecule has 2 aliphatic carbocycles. The monoisotopic (exact) mass is 291 g/mol. The van der Waals surface area contributed by atoms with Crippen molar-refractivity contribution in [1.29, 1.82) is 0 Å². The first kappa shape index (κ1) is 14.7. The zero-order chi connectivity index (χ0) is 14.0. The molecule has 3 N–H and O–H groups in total. The van der Waals surface area contributed by atoms with E-state index in [9.17, 15) is 18.3 Å². The molecule has 19 heavy (non-hydrogen) atoms. The highest BCUT2D eigenvalue weighted by atomic mass is 32.2. The number of sulfonamides is 1. The number of aliphatic hydroxyl groups is 1. The van der Waals surface area contributed by atoms with Crippen LogP contribution in [0.3, 0.4) is 0 Å².